The fourth-order valence-corrected chi connectivity index (χ4v) is 5.93. The summed E-state index contributed by atoms with van der Waals surface area (Å²) in [6.45, 7) is 4.45. The first-order valence-electron chi connectivity index (χ1n) is 13.1. The molecule has 39 heavy (non-hydrogen) atoms. The zero-order valence-electron chi connectivity index (χ0n) is 21.4. The number of halogens is 2. The van der Waals surface area contributed by atoms with Crippen molar-refractivity contribution in [3.05, 3.63) is 117 Å². The van der Waals surface area contributed by atoms with Crippen LogP contribution in [0.3, 0.4) is 0 Å². The number of hydrogen-bond acceptors (Lipinski definition) is 3. The average Bonchev–Trinajstić information content (AvgIpc) is 3.54. The van der Waals surface area contributed by atoms with E-state index in [1.54, 1.807) is 36.4 Å². The first kappa shape index (κ1) is 25.7. The monoisotopic (exact) mass is 558 g/mol. The maximum atomic E-state index is 13.8. The quantitative estimate of drug-likeness (QED) is 0.291. The molecule has 0 atom stereocenters. The van der Waals surface area contributed by atoms with Crippen LogP contribution >= 0.6 is 23.2 Å². The molecule has 1 saturated heterocycles. The van der Waals surface area contributed by atoms with E-state index in [0.717, 1.165) is 43.1 Å². The minimum atomic E-state index is -0.345. The Hall–Kier alpha value is -3.58. The first-order chi connectivity index (χ1) is 19.0. The number of amides is 2. The summed E-state index contributed by atoms with van der Waals surface area (Å²) in [4.78, 5) is 30.9. The summed E-state index contributed by atoms with van der Waals surface area (Å²) in [5, 5.41) is 3.58. The van der Waals surface area contributed by atoms with E-state index in [-0.39, 0.29) is 16.8 Å². The molecule has 0 saturated carbocycles. The van der Waals surface area contributed by atoms with Crippen molar-refractivity contribution in [1.29, 1.82) is 0 Å². The molecule has 0 unspecified atom stereocenters. The molecule has 2 aliphatic rings. The van der Waals surface area contributed by atoms with E-state index >= 15 is 0 Å². The Morgan fingerprint density at radius 3 is 2.38 bits per heavy atom. The van der Waals surface area contributed by atoms with Gasteiger partial charge in [-0.3, -0.25) is 14.5 Å². The molecule has 0 aliphatic carbocycles. The van der Waals surface area contributed by atoms with Gasteiger partial charge in [-0.15, -0.1) is 0 Å². The Morgan fingerprint density at radius 1 is 0.846 bits per heavy atom. The Balaban J connectivity index is 1.23. The molecule has 3 aromatic carbocycles. The predicted octanol–water partition coefficient (Wildman–Crippen LogP) is 6.85. The van der Waals surface area contributed by atoms with Gasteiger partial charge in [0.1, 0.15) is 0 Å². The lowest BCUT2D eigenvalue weighted by molar-refractivity contribution is 0.0983. The van der Waals surface area contributed by atoms with Crippen LogP contribution in [0, 0.1) is 0 Å². The van der Waals surface area contributed by atoms with Gasteiger partial charge < -0.3 is 14.8 Å². The highest BCUT2D eigenvalue weighted by Crippen LogP contribution is 2.31. The molecular formula is C31H28Cl2N4O2. The minimum Gasteiger partial charge on any atom is -0.341 e. The Kier molecular flexibility index (Phi) is 7.17. The molecule has 0 bridgehead atoms. The fourth-order valence-electron chi connectivity index (χ4n) is 5.44. The number of para-hydroxylation sites is 1. The molecule has 6 rings (SSSR count). The topological polar surface area (TPSA) is 57.6 Å². The number of fused-ring (bicyclic) bond motifs is 2. The molecule has 4 aromatic rings. The lowest BCUT2D eigenvalue weighted by atomic mass is 10.1. The highest BCUT2D eigenvalue weighted by Gasteiger charge is 2.27. The third-order valence-electron chi connectivity index (χ3n) is 7.49. The molecule has 8 heteroatoms. The van der Waals surface area contributed by atoms with E-state index in [1.807, 2.05) is 23.1 Å². The summed E-state index contributed by atoms with van der Waals surface area (Å²) >= 11 is 12.1. The molecular weight excluding hydrogens is 531 g/mol. The van der Waals surface area contributed by atoms with Crippen LogP contribution in [0.1, 0.15) is 50.5 Å². The second kappa shape index (κ2) is 10.9. The number of anilines is 2. The zero-order chi connectivity index (χ0) is 26.9. The van der Waals surface area contributed by atoms with Gasteiger partial charge in [-0.05, 0) is 92.2 Å². The highest BCUT2D eigenvalue weighted by atomic mass is 35.5. The average molecular weight is 559 g/mol. The standard InChI is InChI=1S/C31H28Cl2N4O2/c32-23-9-14-27(28(33)17-23)30(38)34-24-10-7-21(8-11-24)31(39)37-20-26-13-12-25(19-35-15-3-4-16-35)36(26)18-22-5-1-2-6-29(22)37/h1-2,5-14,17H,3-4,15-16,18-20H2,(H,34,38). The van der Waals surface area contributed by atoms with Gasteiger partial charge in [0.05, 0.1) is 17.1 Å². The molecule has 2 amide bonds. The van der Waals surface area contributed by atoms with E-state index in [2.05, 4.69) is 33.0 Å². The van der Waals surface area contributed by atoms with Crippen LogP contribution in [0.4, 0.5) is 11.4 Å². The Labute approximate surface area is 237 Å². The maximum Gasteiger partial charge on any atom is 0.258 e. The number of hydrogen-bond donors (Lipinski definition) is 1. The summed E-state index contributed by atoms with van der Waals surface area (Å²) in [6.07, 6.45) is 2.52. The number of carbonyl (C=O) groups excluding carboxylic acids is 2. The molecule has 6 nitrogen and oxygen atoms in total. The smallest absolute Gasteiger partial charge is 0.258 e. The van der Waals surface area contributed by atoms with Crippen LogP contribution in [0.2, 0.25) is 10.0 Å². The van der Waals surface area contributed by atoms with Gasteiger partial charge in [0.25, 0.3) is 11.8 Å². The first-order valence-corrected chi connectivity index (χ1v) is 13.9. The van der Waals surface area contributed by atoms with Gasteiger partial charge in [0.15, 0.2) is 0 Å². The maximum absolute atomic E-state index is 13.8. The van der Waals surface area contributed by atoms with Crippen LogP contribution in [-0.4, -0.2) is 34.4 Å². The third-order valence-corrected chi connectivity index (χ3v) is 8.04. The van der Waals surface area contributed by atoms with Crippen molar-refractivity contribution in [2.75, 3.05) is 23.3 Å². The zero-order valence-corrected chi connectivity index (χ0v) is 22.9. The Bertz CT molecular complexity index is 1540. The van der Waals surface area contributed by atoms with Crippen LogP contribution in [-0.2, 0) is 19.6 Å². The van der Waals surface area contributed by atoms with E-state index in [4.69, 9.17) is 23.2 Å². The third kappa shape index (κ3) is 5.33. The van der Waals surface area contributed by atoms with Gasteiger partial charge in [-0.25, -0.2) is 0 Å². The normalized spacial score (nSPS) is 15.0. The number of nitrogens with one attached hydrogen (secondary N) is 1. The van der Waals surface area contributed by atoms with Crippen LogP contribution in [0.25, 0.3) is 0 Å². The van der Waals surface area contributed by atoms with Crippen molar-refractivity contribution in [1.82, 2.24) is 9.47 Å². The van der Waals surface area contributed by atoms with Crippen molar-refractivity contribution in [3.8, 4) is 0 Å². The van der Waals surface area contributed by atoms with Crippen LogP contribution in [0.5, 0.6) is 0 Å². The van der Waals surface area contributed by atoms with Crippen LogP contribution < -0.4 is 10.2 Å². The lowest BCUT2D eigenvalue weighted by Gasteiger charge is -2.23. The van der Waals surface area contributed by atoms with Crippen molar-refractivity contribution >= 4 is 46.4 Å². The number of carbonyl (C=O) groups is 2. The van der Waals surface area contributed by atoms with Crippen molar-refractivity contribution in [2.24, 2.45) is 0 Å². The number of rotatable bonds is 5. The second-order valence-corrected chi connectivity index (χ2v) is 10.9. The number of benzene rings is 3. The van der Waals surface area contributed by atoms with Gasteiger partial charge >= 0.3 is 0 Å². The van der Waals surface area contributed by atoms with Gasteiger partial charge in [0, 0.05) is 46.4 Å². The largest absolute Gasteiger partial charge is 0.341 e. The molecule has 3 heterocycles. The molecule has 1 N–H and O–H groups in total. The predicted molar refractivity (Wildman–Crippen MR) is 156 cm³/mol. The van der Waals surface area contributed by atoms with E-state index in [9.17, 15) is 9.59 Å². The summed E-state index contributed by atoms with van der Waals surface area (Å²) in [7, 11) is 0. The summed E-state index contributed by atoms with van der Waals surface area (Å²) in [5.74, 6) is -0.431. The molecule has 0 radical (unpaired) electrons. The van der Waals surface area contributed by atoms with E-state index < -0.39 is 0 Å². The molecule has 1 aromatic heterocycles. The van der Waals surface area contributed by atoms with Crippen LogP contribution in [0.15, 0.2) is 78.9 Å². The van der Waals surface area contributed by atoms with Gasteiger partial charge in [0.2, 0.25) is 0 Å². The molecule has 0 spiro atoms. The van der Waals surface area contributed by atoms with Crippen molar-refractivity contribution < 1.29 is 9.59 Å². The number of aromatic nitrogens is 1. The number of nitrogens with zero attached hydrogens (tertiary/aromatic N) is 3. The van der Waals surface area contributed by atoms with Crippen molar-refractivity contribution in [2.45, 2.75) is 32.5 Å². The summed E-state index contributed by atoms with van der Waals surface area (Å²) in [6, 6.07) is 24.2. The van der Waals surface area contributed by atoms with E-state index in [0.29, 0.717) is 28.4 Å². The lowest BCUT2D eigenvalue weighted by Crippen LogP contribution is -2.30. The molecule has 1 fully saturated rings. The minimum absolute atomic E-state index is 0.0863. The second-order valence-electron chi connectivity index (χ2n) is 10.1. The summed E-state index contributed by atoms with van der Waals surface area (Å²) in [5.41, 5.74) is 5.90. The Morgan fingerprint density at radius 2 is 1.62 bits per heavy atom. The summed E-state index contributed by atoms with van der Waals surface area (Å²) < 4.78 is 2.37. The fraction of sp³-hybridized carbons (Fsp3) is 0.226. The van der Waals surface area contributed by atoms with E-state index in [1.165, 1.54) is 24.6 Å². The SMILES string of the molecule is O=C(Nc1ccc(C(=O)N2Cc3ccc(CN4CCCC4)n3Cc3ccccc32)cc1)c1ccc(Cl)cc1Cl. The number of likely N-dealkylation sites (tertiary alicyclic amines) is 1. The van der Waals surface area contributed by atoms with Gasteiger partial charge in [-0.2, -0.15) is 0 Å². The van der Waals surface area contributed by atoms with Crippen molar-refractivity contribution in [3.63, 3.8) is 0 Å². The molecule has 198 valence electrons. The molecule has 2 aliphatic heterocycles. The highest BCUT2D eigenvalue weighted by molar-refractivity contribution is 6.37. The van der Waals surface area contributed by atoms with Gasteiger partial charge in [-0.1, -0.05) is 41.4 Å².